The van der Waals surface area contributed by atoms with Crippen molar-refractivity contribution in [3.8, 4) is 0 Å². The number of ether oxygens (including phenoxy) is 1. The Kier molecular flexibility index (Phi) is 5.68. The molecule has 0 aromatic heterocycles. The monoisotopic (exact) mass is 318 g/mol. The van der Waals surface area contributed by atoms with Gasteiger partial charge in [0.15, 0.2) is 0 Å². The molecule has 2 aliphatic rings. The summed E-state index contributed by atoms with van der Waals surface area (Å²) in [5.74, 6) is 0.429. The Morgan fingerprint density at radius 3 is 2.52 bits per heavy atom. The molecule has 2 unspecified atom stereocenters. The lowest BCUT2D eigenvalue weighted by Crippen LogP contribution is -2.51. The van der Waals surface area contributed by atoms with E-state index in [0.29, 0.717) is 25.0 Å². The van der Waals surface area contributed by atoms with Crippen LogP contribution in [-0.4, -0.2) is 57.9 Å². The molecular weight excluding hydrogens is 288 g/mol. The molecule has 0 amide bonds. The summed E-state index contributed by atoms with van der Waals surface area (Å²) in [6.45, 7) is 1.34. The fourth-order valence-corrected chi connectivity index (χ4v) is 5.06. The van der Waals surface area contributed by atoms with Gasteiger partial charge in [0.05, 0.1) is 11.9 Å². The van der Waals surface area contributed by atoms with Crippen molar-refractivity contribution in [3.05, 3.63) is 0 Å². The van der Waals surface area contributed by atoms with Crippen molar-refractivity contribution in [2.75, 3.05) is 33.5 Å². The number of sulfonamides is 1. The first-order chi connectivity index (χ1) is 9.91. The zero-order chi connectivity index (χ0) is 15.5. The third-order valence-electron chi connectivity index (χ3n) is 5.36. The van der Waals surface area contributed by atoms with Gasteiger partial charge in [0, 0.05) is 26.2 Å². The average molecular weight is 318 g/mol. The van der Waals surface area contributed by atoms with Crippen LogP contribution in [0.4, 0.5) is 0 Å². The van der Waals surface area contributed by atoms with Gasteiger partial charge < -0.3 is 10.1 Å². The summed E-state index contributed by atoms with van der Waals surface area (Å²) < 4.78 is 31.0. The zero-order valence-electron chi connectivity index (χ0n) is 13.6. The number of methoxy groups -OCH3 is 1. The Bertz CT molecular complexity index is 432. The van der Waals surface area contributed by atoms with E-state index in [4.69, 9.17) is 4.74 Å². The van der Waals surface area contributed by atoms with Gasteiger partial charge in [-0.15, -0.1) is 0 Å². The van der Waals surface area contributed by atoms with E-state index < -0.39 is 10.0 Å². The maximum Gasteiger partial charge on any atom is 0.211 e. The molecule has 1 N–H and O–H groups in total. The molecule has 2 atom stereocenters. The lowest BCUT2D eigenvalue weighted by atomic mass is 9.83. The van der Waals surface area contributed by atoms with Crippen LogP contribution in [0.2, 0.25) is 0 Å². The van der Waals surface area contributed by atoms with Gasteiger partial charge in [0.2, 0.25) is 10.0 Å². The summed E-state index contributed by atoms with van der Waals surface area (Å²) in [5.41, 5.74) is -0.0535. The lowest BCUT2D eigenvalue weighted by molar-refractivity contribution is -0.0412. The number of likely N-dealkylation sites (N-methyl/N-ethyl adjacent to an activating group) is 1. The average Bonchev–Trinajstić information content (AvgIpc) is 2.94. The van der Waals surface area contributed by atoms with Crippen molar-refractivity contribution in [3.63, 3.8) is 0 Å². The normalized spacial score (nSPS) is 28.6. The predicted octanol–water partition coefficient (Wildman–Crippen LogP) is 1.60. The molecule has 0 radical (unpaired) electrons. The second kappa shape index (κ2) is 6.94. The van der Waals surface area contributed by atoms with Crippen molar-refractivity contribution in [1.82, 2.24) is 9.62 Å². The largest absolute Gasteiger partial charge is 0.377 e. The van der Waals surface area contributed by atoms with Gasteiger partial charge in [0.25, 0.3) is 0 Å². The number of nitrogens with zero attached hydrogens (tertiary/aromatic N) is 1. The van der Waals surface area contributed by atoms with E-state index >= 15 is 0 Å². The molecule has 1 heterocycles. The molecule has 1 aliphatic heterocycles. The quantitative estimate of drug-likeness (QED) is 0.808. The smallest absolute Gasteiger partial charge is 0.211 e. The van der Waals surface area contributed by atoms with Crippen LogP contribution < -0.4 is 5.32 Å². The predicted molar refractivity (Wildman–Crippen MR) is 84.8 cm³/mol. The first-order valence-corrected chi connectivity index (χ1v) is 9.93. The number of hydrogen-bond acceptors (Lipinski definition) is 4. The molecule has 0 aromatic rings. The van der Waals surface area contributed by atoms with Crippen molar-refractivity contribution >= 4 is 10.0 Å². The van der Waals surface area contributed by atoms with Crippen molar-refractivity contribution in [1.29, 1.82) is 0 Å². The topological polar surface area (TPSA) is 58.6 Å². The van der Waals surface area contributed by atoms with E-state index in [1.165, 1.54) is 19.1 Å². The van der Waals surface area contributed by atoms with Crippen LogP contribution in [0.3, 0.4) is 0 Å². The summed E-state index contributed by atoms with van der Waals surface area (Å²) >= 11 is 0. The van der Waals surface area contributed by atoms with E-state index in [9.17, 15) is 8.42 Å². The summed E-state index contributed by atoms with van der Waals surface area (Å²) in [5, 5.41) is 3.44. The molecule has 1 saturated carbocycles. The molecule has 0 bridgehead atoms. The molecule has 124 valence electrons. The number of nitrogens with one attached hydrogen (secondary N) is 1. The fraction of sp³-hybridized carbons (Fsp3) is 1.00. The van der Waals surface area contributed by atoms with Crippen LogP contribution in [0, 0.1) is 5.92 Å². The molecule has 0 aromatic carbocycles. The molecule has 2 fully saturated rings. The van der Waals surface area contributed by atoms with Crippen molar-refractivity contribution < 1.29 is 13.2 Å². The molecule has 5 nitrogen and oxygen atoms in total. The van der Waals surface area contributed by atoms with Crippen LogP contribution >= 0.6 is 0 Å². The minimum Gasteiger partial charge on any atom is -0.377 e. The Balaban J connectivity index is 2.01. The third kappa shape index (κ3) is 3.97. The van der Waals surface area contributed by atoms with E-state index in [1.54, 1.807) is 4.31 Å². The van der Waals surface area contributed by atoms with Crippen LogP contribution in [0.25, 0.3) is 0 Å². The second-order valence-electron chi connectivity index (χ2n) is 6.68. The van der Waals surface area contributed by atoms with E-state index in [-0.39, 0.29) is 5.60 Å². The molecule has 2 rings (SSSR count). The zero-order valence-corrected chi connectivity index (χ0v) is 14.4. The molecule has 1 saturated heterocycles. The van der Waals surface area contributed by atoms with E-state index in [1.807, 2.05) is 14.2 Å². The summed E-state index contributed by atoms with van der Waals surface area (Å²) in [6, 6.07) is 0.314. The summed E-state index contributed by atoms with van der Waals surface area (Å²) in [7, 11) is 0.760. The van der Waals surface area contributed by atoms with Gasteiger partial charge in [-0.2, -0.15) is 0 Å². The summed E-state index contributed by atoms with van der Waals surface area (Å²) in [6.07, 6.45) is 9.07. The van der Waals surface area contributed by atoms with Gasteiger partial charge in [-0.05, 0) is 45.1 Å². The van der Waals surface area contributed by atoms with E-state index in [0.717, 1.165) is 32.1 Å². The highest BCUT2D eigenvalue weighted by Gasteiger charge is 2.42. The summed E-state index contributed by atoms with van der Waals surface area (Å²) in [4.78, 5) is 0. The maximum absolute atomic E-state index is 11.7. The second-order valence-corrected chi connectivity index (χ2v) is 8.66. The van der Waals surface area contributed by atoms with Gasteiger partial charge in [-0.3, -0.25) is 0 Å². The minimum absolute atomic E-state index is 0.0535. The highest BCUT2D eigenvalue weighted by Crippen LogP contribution is 2.38. The first kappa shape index (κ1) is 17.2. The molecule has 0 spiro atoms. The molecule has 21 heavy (non-hydrogen) atoms. The van der Waals surface area contributed by atoms with Gasteiger partial charge in [-0.25, -0.2) is 12.7 Å². The van der Waals surface area contributed by atoms with Crippen LogP contribution in [-0.2, 0) is 14.8 Å². The third-order valence-corrected chi connectivity index (χ3v) is 6.63. The molecule has 6 heteroatoms. The maximum atomic E-state index is 11.7. The van der Waals surface area contributed by atoms with Crippen LogP contribution in [0.5, 0.6) is 0 Å². The SMILES string of the molecule is CNC(CC1CCCN(S(C)(=O)=O)C1)C1(OC)CCCC1. The van der Waals surface area contributed by atoms with Crippen molar-refractivity contribution in [2.45, 2.75) is 56.6 Å². The van der Waals surface area contributed by atoms with Crippen molar-refractivity contribution in [2.24, 2.45) is 5.92 Å². The Morgan fingerprint density at radius 2 is 2.00 bits per heavy atom. The Morgan fingerprint density at radius 1 is 1.33 bits per heavy atom. The number of piperidine rings is 1. The lowest BCUT2D eigenvalue weighted by Gasteiger charge is -2.40. The number of hydrogen-bond donors (Lipinski definition) is 1. The van der Waals surface area contributed by atoms with Gasteiger partial charge >= 0.3 is 0 Å². The minimum atomic E-state index is -3.06. The molecule has 1 aliphatic carbocycles. The highest BCUT2D eigenvalue weighted by molar-refractivity contribution is 7.88. The van der Waals surface area contributed by atoms with Gasteiger partial charge in [0.1, 0.15) is 0 Å². The highest BCUT2D eigenvalue weighted by atomic mass is 32.2. The van der Waals surface area contributed by atoms with E-state index in [2.05, 4.69) is 5.32 Å². The number of rotatable bonds is 6. The molecular formula is C15H30N2O3S. The van der Waals surface area contributed by atoms with Crippen LogP contribution in [0.15, 0.2) is 0 Å². The standard InChI is InChI=1S/C15H30N2O3S/c1-16-14(15(20-2)8-4-5-9-15)11-13-7-6-10-17(12-13)21(3,18)19/h13-14,16H,4-12H2,1-3H3. The Labute approximate surface area is 129 Å². The first-order valence-electron chi connectivity index (χ1n) is 8.09. The Hall–Kier alpha value is -0.170. The fourth-order valence-electron chi connectivity index (χ4n) is 4.12. The van der Waals surface area contributed by atoms with Crippen LogP contribution in [0.1, 0.15) is 44.9 Å². The van der Waals surface area contributed by atoms with Gasteiger partial charge in [-0.1, -0.05) is 12.8 Å².